The Morgan fingerprint density at radius 3 is 2.35 bits per heavy atom. The van der Waals surface area contributed by atoms with Crippen molar-refractivity contribution >= 4 is 17.5 Å². The lowest BCUT2D eigenvalue weighted by Gasteiger charge is -2.17. The largest absolute Gasteiger partial charge is 0.493 e. The van der Waals surface area contributed by atoms with Crippen molar-refractivity contribution in [2.45, 2.75) is 33.7 Å². The molecule has 0 saturated heterocycles. The first kappa shape index (κ1) is 24.1. The number of aryl methyl sites for hydroxylation is 1. The Bertz CT molecular complexity index is 961. The van der Waals surface area contributed by atoms with Crippen LogP contribution in [0.15, 0.2) is 24.3 Å². The maximum absolute atomic E-state index is 12.6. The second-order valence-electron chi connectivity index (χ2n) is 7.25. The van der Waals surface area contributed by atoms with Crippen LogP contribution in [0.1, 0.15) is 52.0 Å². The fourth-order valence-corrected chi connectivity index (χ4v) is 3.46. The number of Topliss-reactive ketones (excluding diaryl/α,β-unsaturated/α-hetero) is 2. The van der Waals surface area contributed by atoms with Crippen LogP contribution >= 0.6 is 0 Å². The van der Waals surface area contributed by atoms with Gasteiger partial charge in [0.1, 0.15) is 0 Å². The fraction of sp³-hybridized carbons (Fsp3) is 0.435. The van der Waals surface area contributed by atoms with Crippen molar-refractivity contribution in [1.82, 2.24) is 4.57 Å². The highest BCUT2D eigenvalue weighted by molar-refractivity contribution is 5.99. The smallest absolute Gasteiger partial charge is 0.344 e. The molecular formula is C23H29NO7. The predicted molar refractivity (Wildman–Crippen MR) is 114 cm³/mol. The number of ketones is 2. The molecule has 0 aliphatic heterocycles. The van der Waals surface area contributed by atoms with Crippen molar-refractivity contribution < 1.29 is 33.3 Å². The number of hydrogen-bond donors (Lipinski definition) is 0. The normalized spacial score (nSPS) is 11.7. The summed E-state index contributed by atoms with van der Waals surface area (Å²) in [6.07, 6.45) is 0. The Balaban J connectivity index is 1.96. The van der Waals surface area contributed by atoms with E-state index in [4.69, 9.17) is 18.9 Å². The van der Waals surface area contributed by atoms with Crippen LogP contribution in [0.5, 0.6) is 11.5 Å². The van der Waals surface area contributed by atoms with Crippen molar-refractivity contribution in [1.29, 1.82) is 0 Å². The van der Waals surface area contributed by atoms with E-state index in [1.54, 1.807) is 25.3 Å². The predicted octanol–water partition coefficient (Wildman–Crippen LogP) is 3.33. The number of benzene rings is 1. The molecule has 0 N–H and O–H groups in total. The molecule has 168 valence electrons. The quantitative estimate of drug-likeness (QED) is 0.398. The van der Waals surface area contributed by atoms with Gasteiger partial charge in [0, 0.05) is 29.6 Å². The molecule has 0 spiro atoms. The van der Waals surface area contributed by atoms with Crippen LogP contribution in [0.3, 0.4) is 0 Å². The number of rotatable bonds is 11. The summed E-state index contributed by atoms with van der Waals surface area (Å²) in [7, 11) is 3.07. The number of methoxy groups -OCH3 is 2. The Morgan fingerprint density at radius 2 is 1.74 bits per heavy atom. The summed E-state index contributed by atoms with van der Waals surface area (Å²) in [5, 5.41) is 0. The average molecular weight is 431 g/mol. The van der Waals surface area contributed by atoms with Crippen molar-refractivity contribution in [3.63, 3.8) is 0 Å². The second-order valence-corrected chi connectivity index (χ2v) is 7.25. The highest BCUT2D eigenvalue weighted by atomic mass is 16.6. The minimum atomic E-state index is -0.687. The van der Waals surface area contributed by atoms with Gasteiger partial charge < -0.3 is 23.5 Å². The summed E-state index contributed by atoms with van der Waals surface area (Å²) in [4.78, 5) is 36.1. The molecule has 0 unspecified atom stereocenters. The zero-order valence-electron chi connectivity index (χ0n) is 18.8. The van der Waals surface area contributed by atoms with Crippen LogP contribution in [0.25, 0.3) is 0 Å². The van der Waals surface area contributed by atoms with E-state index in [2.05, 4.69) is 0 Å². The fourth-order valence-electron chi connectivity index (χ4n) is 3.46. The van der Waals surface area contributed by atoms with Crippen LogP contribution in [0, 0.1) is 13.8 Å². The molecular weight excluding hydrogens is 402 g/mol. The number of aromatic nitrogens is 1. The Labute approximate surface area is 182 Å². The summed E-state index contributed by atoms with van der Waals surface area (Å²) in [5.41, 5.74) is 2.71. The number of esters is 1. The number of hydrogen-bond acceptors (Lipinski definition) is 7. The summed E-state index contributed by atoms with van der Waals surface area (Å²) in [6.45, 7) is 6.96. The molecule has 0 saturated carbocycles. The molecule has 0 fully saturated rings. The molecule has 1 aromatic carbocycles. The van der Waals surface area contributed by atoms with Crippen LogP contribution in [-0.4, -0.2) is 56.1 Å². The first-order valence-corrected chi connectivity index (χ1v) is 9.87. The minimum absolute atomic E-state index is 0.0758. The number of ether oxygens (including phenoxy) is 4. The van der Waals surface area contributed by atoms with Gasteiger partial charge in [0.05, 0.1) is 19.8 Å². The molecule has 0 radical (unpaired) electrons. The molecule has 8 nitrogen and oxygen atoms in total. The van der Waals surface area contributed by atoms with Crippen molar-refractivity contribution in [2.75, 3.05) is 34.0 Å². The first-order valence-electron chi connectivity index (χ1n) is 9.87. The minimum Gasteiger partial charge on any atom is -0.493 e. The van der Waals surface area contributed by atoms with Crippen LogP contribution in [0.2, 0.25) is 0 Å². The van der Waals surface area contributed by atoms with E-state index in [9.17, 15) is 14.4 Å². The van der Waals surface area contributed by atoms with E-state index in [1.165, 1.54) is 20.1 Å². The van der Waals surface area contributed by atoms with Gasteiger partial charge in [0.2, 0.25) is 5.78 Å². The second kappa shape index (κ2) is 10.8. The standard InChI is InChI=1S/C23H29NO7/c1-14-9-19(16(3)24(14)15(2)11-28-5)20(26)12-31-23(27)13-30-21-8-7-18(17(4)25)10-22(21)29-6/h7-10,15H,11-13H2,1-6H3/t15-/m1/s1. The third-order valence-corrected chi connectivity index (χ3v) is 4.91. The van der Waals surface area contributed by atoms with Crippen LogP contribution in [0.4, 0.5) is 0 Å². The lowest BCUT2D eigenvalue weighted by atomic mass is 10.1. The van der Waals surface area contributed by atoms with Gasteiger partial charge in [0.25, 0.3) is 0 Å². The summed E-state index contributed by atoms with van der Waals surface area (Å²) in [6, 6.07) is 6.52. The molecule has 31 heavy (non-hydrogen) atoms. The number of carbonyl (C=O) groups excluding carboxylic acids is 3. The van der Waals surface area contributed by atoms with Crippen molar-refractivity contribution in [2.24, 2.45) is 0 Å². The van der Waals surface area contributed by atoms with Gasteiger partial charge in [-0.1, -0.05) is 0 Å². The molecule has 2 aromatic rings. The lowest BCUT2D eigenvalue weighted by Crippen LogP contribution is -2.20. The summed E-state index contributed by atoms with van der Waals surface area (Å²) < 4.78 is 22.9. The number of nitrogens with zero attached hydrogens (tertiary/aromatic N) is 1. The summed E-state index contributed by atoms with van der Waals surface area (Å²) in [5.74, 6) is -0.465. The van der Waals surface area contributed by atoms with Gasteiger partial charge in [-0.2, -0.15) is 0 Å². The molecule has 0 aliphatic carbocycles. The lowest BCUT2D eigenvalue weighted by molar-refractivity contribution is -0.144. The topological polar surface area (TPSA) is 93.1 Å². The van der Waals surface area contributed by atoms with Gasteiger partial charge in [-0.15, -0.1) is 0 Å². The van der Waals surface area contributed by atoms with Gasteiger partial charge in [-0.05, 0) is 52.0 Å². The molecule has 1 aromatic heterocycles. The Kier molecular flexibility index (Phi) is 8.38. The maximum atomic E-state index is 12.6. The molecule has 0 amide bonds. The van der Waals surface area contributed by atoms with E-state index in [-0.39, 0.29) is 24.2 Å². The van der Waals surface area contributed by atoms with Gasteiger partial charge >= 0.3 is 5.97 Å². The average Bonchev–Trinajstić information content (AvgIpc) is 3.04. The highest BCUT2D eigenvalue weighted by Gasteiger charge is 2.20. The molecule has 1 atom stereocenters. The van der Waals surface area contributed by atoms with E-state index in [0.717, 1.165) is 11.4 Å². The zero-order chi connectivity index (χ0) is 23.1. The van der Waals surface area contributed by atoms with Gasteiger partial charge in [-0.3, -0.25) is 9.59 Å². The number of carbonyl (C=O) groups is 3. The van der Waals surface area contributed by atoms with Crippen LogP contribution in [-0.2, 0) is 14.3 Å². The van der Waals surface area contributed by atoms with Gasteiger partial charge in [0.15, 0.2) is 30.5 Å². The third-order valence-electron chi connectivity index (χ3n) is 4.91. The van der Waals surface area contributed by atoms with E-state index in [1.807, 2.05) is 25.3 Å². The maximum Gasteiger partial charge on any atom is 0.344 e. The van der Waals surface area contributed by atoms with E-state index >= 15 is 0 Å². The monoisotopic (exact) mass is 431 g/mol. The third kappa shape index (κ3) is 5.95. The molecule has 1 heterocycles. The Hall–Kier alpha value is -3.13. The molecule has 0 aliphatic rings. The molecule has 0 bridgehead atoms. The SMILES string of the molecule is COC[C@@H](C)n1c(C)cc(C(=O)COC(=O)COc2ccc(C(C)=O)cc2OC)c1C. The van der Waals surface area contributed by atoms with Crippen molar-refractivity contribution in [3.8, 4) is 11.5 Å². The zero-order valence-corrected chi connectivity index (χ0v) is 18.8. The Morgan fingerprint density at radius 1 is 1.03 bits per heavy atom. The van der Waals surface area contributed by atoms with E-state index < -0.39 is 12.6 Å². The molecule has 2 rings (SSSR count). The highest BCUT2D eigenvalue weighted by Crippen LogP contribution is 2.28. The first-order chi connectivity index (χ1) is 14.7. The van der Waals surface area contributed by atoms with Crippen LogP contribution < -0.4 is 9.47 Å². The van der Waals surface area contributed by atoms with Gasteiger partial charge in [-0.25, -0.2) is 4.79 Å². The van der Waals surface area contributed by atoms with E-state index in [0.29, 0.717) is 29.2 Å². The molecule has 8 heteroatoms. The van der Waals surface area contributed by atoms with Crippen molar-refractivity contribution in [3.05, 3.63) is 46.8 Å². The summed E-state index contributed by atoms with van der Waals surface area (Å²) >= 11 is 0.